The molecule has 0 aliphatic heterocycles. The quantitative estimate of drug-likeness (QED) is 0.600. The summed E-state index contributed by atoms with van der Waals surface area (Å²) in [6.45, 7) is 2.11. The smallest absolute Gasteiger partial charge is 0.136 e. The number of carbonyl (C=O) groups excluding carboxylic acids is 1. The van der Waals surface area contributed by atoms with Crippen LogP contribution >= 0.6 is 0 Å². The third kappa shape index (κ3) is 1.74. The molecule has 0 heterocycles. The number of rotatable bonds is 1. The van der Waals surface area contributed by atoms with E-state index in [4.69, 9.17) is 0 Å². The van der Waals surface area contributed by atoms with Gasteiger partial charge in [0.1, 0.15) is 5.78 Å². The highest BCUT2D eigenvalue weighted by Gasteiger charge is 2.30. The largest absolute Gasteiger partial charge is 0.299 e. The molecule has 0 bridgehead atoms. The van der Waals surface area contributed by atoms with Crippen LogP contribution in [0.15, 0.2) is 23.8 Å². The predicted octanol–water partition coefficient (Wildman–Crippen LogP) is 2.88. The van der Waals surface area contributed by atoms with Crippen molar-refractivity contribution in [2.24, 2.45) is 11.8 Å². The summed E-state index contributed by atoms with van der Waals surface area (Å²) in [6.07, 6.45) is 10.7. The Labute approximate surface area is 79.5 Å². The zero-order valence-corrected chi connectivity index (χ0v) is 8.12. The molecule has 1 fully saturated rings. The lowest BCUT2D eigenvalue weighted by atomic mass is 9.84. The monoisotopic (exact) mass is 176 g/mol. The van der Waals surface area contributed by atoms with Crippen molar-refractivity contribution in [1.29, 1.82) is 0 Å². The van der Waals surface area contributed by atoms with E-state index in [0.29, 0.717) is 17.6 Å². The van der Waals surface area contributed by atoms with Crippen LogP contribution in [0, 0.1) is 11.8 Å². The summed E-state index contributed by atoms with van der Waals surface area (Å²) in [4.78, 5) is 11.5. The van der Waals surface area contributed by atoms with Gasteiger partial charge in [-0.05, 0) is 32.1 Å². The maximum atomic E-state index is 11.5. The van der Waals surface area contributed by atoms with Crippen molar-refractivity contribution in [2.45, 2.75) is 32.6 Å². The number of allylic oxidation sites excluding steroid dienone is 4. The molecule has 1 nitrogen and oxygen atoms in total. The predicted molar refractivity (Wildman–Crippen MR) is 53.4 cm³/mol. The van der Waals surface area contributed by atoms with Crippen molar-refractivity contribution in [1.82, 2.24) is 0 Å². The minimum Gasteiger partial charge on any atom is -0.299 e. The molecule has 70 valence electrons. The standard InChI is InChI=1S/C12H16O/c1-9-5-7-10(8-6-9)11-3-2-4-12(11)13/h5-7,10-11H,2-4,8H2,1H3. The average molecular weight is 176 g/mol. The van der Waals surface area contributed by atoms with Gasteiger partial charge in [0.05, 0.1) is 0 Å². The summed E-state index contributed by atoms with van der Waals surface area (Å²) in [5.74, 6) is 1.32. The van der Waals surface area contributed by atoms with Gasteiger partial charge in [0.15, 0.2) is 0 Å². The molecular formula is C12H16O. The third-order valence-electron chi connectivity index (χ3n) is 3.19. The van der Waals surface area contributed by atoms with Gasteiger partial charge in [-0.2, -0.15) is 0 Å². The van der Waals surface area contributed by atoms with Crippen LogP contribution in [0.3, 0.4) is 0 Å². The first-order chi connectivity index (χ1) is 6.27. The van der Waals surface area contributed by atoms with Crippen molar-refractivity contribution in [3.63, 3.8) is 0 Å². The molecule has 0 aromatic rings. The lowest BCUT2D eigenvalue weighted by Crippen LogP contribution is -2.17. The summed E-state index contributed by atoms with van der Waals surface area (Å²) < 4.78 is 0. The highest BCUT2D eigenvalue weighted by molar-refractivity contribution is 5.83. The van der Waals surface area contributed by atoms with Crippen molar-refractivity contribution >= 4 is 5.78 Å². The molecule has 0 amide bonds. The molecule has 1 heteroatoms. The normalized spacial score (nSPS) is 33.6. The van der Waals surface area contributed by atoms with Crippen LogP contribution in [0.1, 0.15) is 32.6 Å². The number of hydrogen-bond donors (Lipinski definition) is 0. The van der Waals surface area contributed by atoms with E-state index in [0.717, 1.165) is 25.7 Å². The second-order valence-corrected chi connectivity index (χ2v) is 4.17. The summed E-state index contributed by atoms with van der Waals surface area (Å²) in [7, 11) is 0. The van der Waals surface area contributed by atoms with Crippen LogP contribution in [0.5, 0.6) is 0 Å². The summed E-state index contributed by atoms with van der Waals surface area (Å²) in [6, 6.07) is 0. The Bertz CT molecular complexity index is 273. The summed E-state index contributed by atoms with van der Waals surface area (Å²) >= 11 is 0. The van der Waals surface area contributed by atoms with Crippen molar-refractivity contribution in [3.05, 3.63) is 23.8 Å². The topological polar surface area (TPSA) is 17.1 Å². The van der Waals surface area contributed by atoms with Gasteiger partial charge in [0.2, 0.25) is 0 Å². The van der Waals surface area contributed by atoms with E-state index in [1.54, 1.807) is 0 Å². The molecule has 0 aromatic heterocycles. The Morgan fingerprint density at radius 3 is 2.85 bits per heavy atom. The Kier molecular flexibility index (Phi) is 2.34. The first-order valence-corrected chi connectivity index (χ1v) is 5.15. The lowest BCUT2D eigenvalue weighted by Gasteiger charge is -2.20. The van der Waals surface area contributed by atoms with Crippen LogP contribution in [-0.2, 0) is 4.79 Å². The molecule has 13 heavy (non-hydrogen) atoms. The number of carbonyl (C=O) groups is 1. The summed E-state index contributed by atoms with van der Waals surface area (Å²) in [5.41, 5.74) is 1.33. The molecule has 2 unspecified atom stereocenters. The number of ketones is 1. The fourth-order valence-corrected chi connectivity index (χ4v) is 2.34. The second kappa shape index (κ2) is 3.49. The van der Waals surface area contributed by atoms with E-state index in [9.17, 15) is 4.79 Å². The SMILES string of the molecule is CC1=CCC(C2CCCC2=O)C=C1. The molecule has 0 radical (unpaired) electrons. The minimum atomic E-state index is 0.334. The van der Waals surface area contributed by atoms with E-state index in [2.05, 4.69) is 25.2 Å². The second-order valence-electron chi connectivity index (χ2n) is 4.17. The van der Waals surface area contributed by atoms with Crippen LogP contribution in [0.4, 0.5) is 0 Å². The third-order valence-corrected chi connectivity index (χ3v) is 3.19. The Hall–Kier alpha value is -0.850. The van der Waals surface area contributed by atoms with E-state index in [1.165, 1.54) is 5.57 Å². The van der Waals surface area contributed by atoms with Gasteiger partial charge >= 0.3 is 0 Å². The molecule has 2 rings (SSSR count). The van der Waals surface area contributed by atoms with Crippen LogP contribution < -0.4 is 0 Å². The van der Waals surface area contributed by atoms with Crippen LogP contribution in [-0.4, -0.2) is 5.78 Å². The molecule has 0 spiro atoms. The van der Waals surface area contributed by atoms with Crippen molar-refractivity contribution < 1.29 is 4.79 Å². The fraction of sp³-hybridized carbons (Fsp3) is 0.583. The molecule has 0 N–H and O–H groups in total. The first kappa shape index (κ1) is 8.74. The van der Waals surface area contributed by atoms with Gasteiger partial charge in [-0.3, -0.25) is 4.79 Å². The van der Waals surface area contributed by atoms with Gasteiger partial charge < -0.3 is 0 Å². The van der Waals surface area contributed by atoms with Crippen molar-refractivity contribution in [3.8, 4) is 0 Å². The Morgan fingerprint density at radius 1 is 1.46 bits per heavy atom. The van der Waals surface area contributed by atoms with Gasteiger partial charge in [0.25, 0.3) is 0 Å². The van der Waals surface area contributed by atoms with E-state index in [1.807, 2.05) is 0 Å². The number of hydrogen-bond acceptors (Lipinski definition) is 1. The van der Waals surface area contributed by atoms with Crippen LogP contribution in [0.2, 0.25) is 0 Å². The molecule has 0 saturated heterocycles. The first-order valence-electron chi connectivity index (χ1n) is 5.15. The molecular weight excluding hydrogens is 160 g/mol. The van der Waals surface area contributed by atoms with Gasteiger partial charge in [-0.25, -0.2) is 0 Å². The van der Waals surface area contributed by atoms with Crippen molar-refractivity contribution in [2.75, 3.05) is 0 Å². The maximum Gasteiger partial charge on any atom is 0.136 e. The van der Waals surface area contributed by atoms with E-state index >= 15 is 0 Å². The number of Topliss-reactive ketones (excluding diaryl/α,β-unsaturated/α-hetero) is 1. The maximum absolute atomic E-state index is 11.5. The van der Waals surface area contributed by atoms with E-state index in [-0.39, 0.29) is 0 Å². The Morgan fingerprint density at radius 2 is 2.31 bits per heavy atom. The molecule has 2 aliphatic rings. The summed E-state index contributed by atoms with van der Waals surface area (Å²) in [5, 5.41) is 0. The molecule has 1 saturated carbocycles. The average Bonchev–Trinajstić information content (AvgIpc) is 2.53. The minimum absolute atomic E-state index is 0.334. The van der Waals surface area contributed by atoms with Crippen LogP contribution in [0.25, 0.3) is 0 Å². The molecule has 2 atom stereocenters. The van der Waals surface area contributed by atoms with Gasteiger partial charge in [-0.1, -0.05) is 23.8 Å². The highest BCUT2D eigenvalue weighted by Crippen LogP contribution is 2.33. The Balaban J connectivity index is 2.03. The lowest BCUT2D eigenvalue weighted by molar-refractivity contribution is -0.121. The molecule has 0 aromatic carbocycles. The highest BCUT2D eigenvalue weighted by atomic mass is 16.1. The zero-order chi connectivity index (χ0) is 9.26. The van der Waals surface area contributed by atoms with Gasteiger partial charge in [-0.15, -0.1) is 0 Å². The molecule has 2 aliphatic carbocycles. The van der Waals surface area contributed by atoms with Gasteiger partial charge in [0, 0.05) is 12.3 Å². The fourth-order valence-electron chi connectivity index (χ4n) is 2.34. The van der Waals surface area contributed by atoms with E-state index < -0.39 is 0 Å². The zero-order valence-electron chi connectivity index (χ0n) is 8.12.